The van der Waals surface area contributed by atoms with Crippen molar-refractivity contribution in [1.29, 1.82) is 0 Å². The lowest BCUT2D eigenvalue weighted by molar-refractivity contribution is -0.134. The molecule has 0 radical (unpaired) electrons. The van der Waals surface area contributed by atoms with Crippen LogP contribution in [0.3, 0.4) is 0 Å². The van der Waals surface area contributed by atoms with Gasteiger partial charge in [-0.25, -0.2) is 0 Å². The van der Waals surface area contributed by atoms with Gasteiger partial charge in [0.1, 0.15) is 0 Å². The summed E-state index contributed by atoms with van der Waals surface area (Å²) in [5.74, 6) is -0.533. The summed E-state index contributed by atoms with van der Waals surface area (Å²) >= 11 is 0. The number of nitrogens with zero attached hydrogens (tertiary/aromatic N) is 1. The molecule has 1 aromatic rings. The molecule has 0 aromatic heterocycles. The van der Waals surface area contributed by atoms with E-state index in [1.807, 2.05) is 18.2 Å². The van der Waals surface area contributed by atoms with E-state index in [9.17, 15) is 9.59 Å². The van der Waals surface area contributed by atoms with Gasteiger partial charge in [-0.3, -0.25) is 9.59 Å². The quantitative estimate of drug-likeness (QED) is 0.683. The predicted molar refractivity (Wildman–Crippen MR) is 87.9 cm³/mol. The van der Waals surface area contributed by atoms with E-state index in [1.165, 1.54) is 0 Å². The van der Waals surface area contributed by atoms with Gasteiger partial charge in [0.15, 0.2) is 0 Å². The Balaban J connectivity index is 2.28. The molecule has 22 heavy (non-hydrogen) atoms. The maximum Gasteiger partial charge on any atom is 0.226 e. The average Bonchev–Trinajstić information content (AvgIpc) is 2.46. The normalized spacial score (nSPS) is 19.5. The van der Waals surface area contributed by atoms with Gasteiger partial charge in [0.2, 0.25) is 11.6 Å². The number of Topliss-reactive ketones (excluding diaryl/α,β-unsaturated/α-hetero) is 2. The number of fused-ring (bicyclic) bond motifs is 1. The molecule has 0 unspecified atom stereocenters. The van der Waals surface area contributed by atoms with Gasteiger partial charge >= 0.3 is 0 Å². The highest BCUT2D eigenvalue weighted by Gasteiger charge is 2.35. The smallest absolute Gasteiger partial charge is 0.226 e. The van der Waals surface area contributed by atoms with E-state index in [0.29, 0.717) is 0 Å². The Labute approximate surface area is 132 Å². The van der Waals surface area contributed by atoms with Crippen LogP contribution < -0.4 is 4.90 Å². The van der Waals surface area contributed by atoms with Crippen LogP contribution in [0.25, 0.3) is 0 Å². The molecule has 0 saturated heterocycles. The lowest BCUT2D eigenvalue weighted by Gasteiger charge is -2.43. The van der Waals surface area contributed by atoms with Crippen molar-refractivity contribution in [2.24, 2.45) is 0 Å². The molecule has 0 amide bonds. The van der Waals surface area contributed by atoms with Crippen LogP contribution in [0.4, 0.5) is 5.69 Å². The summed E-state index contributed by atoms with van der Waals surface area (Å²) in [6.45, 7) is 6.49. The van der Waals surface area contributed by atoms with Gasteiger partial charge in [0.25, 0.3) is 0 Å². The molecule has 0 saturated carbocycles. The van der Waals surface area contributed by atoms with Crippen molar-refractivity contribution in [2.45, 2.75) is 58.4 Å². The summed E-state index contributed by atoms with van der Waals surface area (Å²) in [5.41, 5.74) is 3.71. The number of carbonyl (C=O) groups excluding carboxylic acids is 2. The first-order valence-electron chi connectivity index (χ1n) is 8.07. The minimum Gasteiger partial charge on any atom is -0.339 e. The van der Waals surface area contributed by atoms with E-state index in [0.717, 1.165) is 48.2 Å². The number of allylic oxidation sites excluding steroid dienone is 2. The van der Waals surface area contributed by atoms with Crippen LogP contribution in [0.5, 0.6) is 0 Å². The summed E-state index contributed by atoms with van der Waals surface area (Å²) in [7, 11) is 0. The summed E-state index contributed by atoms with van der Waals surface area (Å²) in [5, 5.41) is 0. The number of carbonyl (C=O) groups is 2. The Hall–Kier alpha value is -1.90. The molecular weight excluding hydrogens is 274 g/mol. The van der Waals surface area contributed by atoms with Gasteiger partial charge in [-0.05, 0) is 58.1 Å². The highest BCUT2D eigenvalue weighted by atomic mass is 16.2. The molecule has 3 rings (SSSR count). The standard InChI is InChI=1S/C19H23NO2/c1-19(2,3)20-15-10-6-4-8-13(15)12-17(21)18(22)14-9-5-7-11-16(14)20/h4,6,8,10H,5,7,9,11-12H2,1-3H3. The minimum absolute atomic E-state index is 0.130. The average molecular weight is 297 g/mol. The molecule has 0 atom stereocenters. The van der Waals surface area contributed by atoms with Crippen molar-refractivity contribution in [3.8, 4) is 0 Å². The Morgan fingerprint density at radius 1 is 1.00 bits per heavy atom. The number of rotatable bonds is 0. The fraction of sp³-hybridized carbons (Fsp3) is 0.474. The third-order valence-corrected chi connectivity index (χ3v) is 4.49. The zero-order valence-electron chi connectivity index (χ0n) is 13.6. The first-order valence-corrected chi connectivity index (χ1v) is 8.07. The molecule has 3 nitrogen and oxygen atoms in total. The lowest BCUT2D eigenvalue weighted by atomic mass is 9.85. The van der Waals surface area contributed by atoms with Crippen LogP contribution in [0.2, 0.25) is 0 Å². The zero-order valence-corrected chi connectivity index (χ0v) is 13.6. The Morgan fingerprint density at radius 2 is 1.68 bits per heavy atom. The maximum absolute atomic E-state index is 12.6. The molecular formula is C19H23NO2. The highest BCUT2D eigenvalue weighted by Crippen LogP contribution is 2.39. The van der Waals surface area contributed by atoms with Gasteiger partial charge in [-0.2, -0.15) is 0 Å². The Kier molecular flexibility index (Phi) is 3.67. The zero-order chi connectivity index (χ0) is 15.9. The first-order chi connectivity index (χ1) is 10.4. The third kappa shape index (κ3) is 2.49. The van der Waals surface area contributed by atoms with E-state index in [4.69, 9.17) is 0 Å². The molecule has 1 aromatic carbocycles. The van der Waals surface area contributed by atoms with Gasteiger partial charge in [0.05, 0.1) is 0 Å². The minimum atomic E-state index is -0.268. The Bertz CT molecular complexity index is 664. The van der Waals surface area contributed by atoms with Crippen LogP contribution in [0.15, 0.2) is 35.5 Å². The van der Waals surface area contributed by atoms with Crippen LogP contribution in [-0.4, -0.2) is 17.1 Å². The number of hydrogen-bond acceptors (Lipinski definition) is 3. The van der Waals surface area contributed by atoms with Crippen LogP contribution in [0.1, 0.15) is 52.0 Å². The summed E-state index contributed by atoms with van der Waals surface area (Å²) in [6, 6.07) is 7.99. The van der Waals surface area contributed by atoms with E-state index >= 15 is 0 Å². The topological polar surface area (TPSA) is 37.4 Å². The summed E-state index contributed by atoms with van der Waals surface area (Å²) < 4.78 is 0. The number of anilines is 1. The van der Waals surface area contributed by atoms with Gasteiger partial charge < -0.3 is 4.90 Å². The van der Waals surface area contributed by atoms with Gasteiger partial charge in [0, 0.05) is 28.9 Å². The number of benzene rings is 1. The van der Waals surface area contributed by atoms with Gasteiger partial charge in [-0.15, -0.1) is 0 Å². The molecule has 116 valence electrons. The first kappa shape index (κ1) is 15.0. The third-order valence-electron chi connectivity index (χ3n) is 4.49. The second-order valence-electron chi connectivity index (χ2n) is 7.20. The molecule has 0 bridgehead atoms. The Morgan fingerprint density at radius 3 is 2.41 bits per heavy atom. The molecule has 1 heterocycles. The highest BCUT2D eigenvalue weighted by molar-refractivity contribution is 6.44. The molecule has 0 fully saturated rings. The van der Waals surface area contributed by atoms with Crippen molar-refractivity contribution >= 4 is 17.3 Å². The fourth-order valence-electron chi connectivity index (χ4n) is 3.59. The molecule has 0 N–H and O–H groups in total. The molecule has 1 aliphatic carbocycles. The fourth-order valence-corrected chi connectivity index (χ4v) is 3.59. The van der Waals surface area contributed by atoms with Crippen molar-refractivity contribution in [2.75, 3.05) is 4.90 Å². The second-order valence-corrected chi connectivity index (χ2v) is 7.20. The lowest BCUT2D eigenvalue weighted by Crippen LogP contribution is -2.44. The molecule has 2 aliphatic rings. The van der Waals surface area contributed by atoms with Crippen LogP contribution >= 0.6 is 0 Å². The summed E-state index contributed by atoms with van der Waals surface area (Å²) in [4.78, 5) is 27.2. The van der Waals surface area contributed by atoms with E-state index in [1.54, 1.807) is 0 Å². The maximum atomic E-state index is 12.6. The van der Waals surface area contributed by atoms with Crippen molar-refractivity contribution in [1.82, 2.24) is 0 Å². The molecule has 1 aliphatic heterocycles. The number of ketones is 2. The second kappa shape index (κ2) is 5.38. The van der Waals surface area contributed by atoms with Crippen LogP contribution in [0, 0.1) is 0 Å². The monoisotopic (exact) mass is 297 g/mol. The van der Waals surface area contributed by atoms with Crippen molar-refractivity contribution in [3.05, 3.63) is 41.1 Å². The van der Waals surface area contributed by atoms with Crippen molar-refractivity contribution < 1.29 is 9.59 Å². The van der Waals surface area contributed by atoms with E-state index in [2.05, 4.69) is 31.7 Å². The predicted octanol–water partition coefficient (Wildman–Crippen LogP) is 3.81. The molecule has 3 heteroatoms. The number of hydrogen-bond donors (Lipinski definition) is 0. The van der Waals surface area contributed by atoms with E-state index in [-0.39, 0.29) is 23.5 Å². The van der Waals surface area contributed by atoms with E-state index < -0.39 is 0 Å². The van der Waals surface area contributed by atoms with Gasteiger partial charge in [-0.1, -0.05) is 18.2 Å². The summed E-state index contributed by atoms with van der Waals surface area (Å²) in [6.07, 6.45) is 3.89. The largest absolute Gasteiger partial charge is 0.339 e. The number of para-hydroxylation sites is 1. The van der Waals surface area contributed by atoms with Crippen LogP contribution in [-0.2, 0) is 16.0 Å². The van der Waals surface area contributed by atoms with Crippen molar-refractivity contribution in [3.63, 3.8) is 0 Å². The SMILES string of the molecule is CC(C)(C)N1C2=C(CCCC2)C(=O)C(=O)Cc2ccccc21. The molecule has 0 spiro atoms.